The molecule has 0 aliphatic carbocycles. The third kappa shape index (κ3) is 3.07. The maximum Gasteiger partial charge on any atom is 0.227 e. The Morgan fingerprint density at radius 1 is 1.26 bits per heavy atom. The zero-order valence-corrected chi connectivity index (χ0v) is 11.7. The number of halogens is 2. The third-order valence-electron chi connectivity index (χ3n) is 2.50. The molecule has 2 aromatic rings. The Bertz CT molecular complexity index is 592. The number of hydrogen-bond acceptors (Lipinski definition) is 5. The summed E-state index contributed by atoms with van der Waals surface area (Å²) in [6.07, 6.45) is 2.05. The lowest BCUT2D eigenvalue weighted by Gasteiger charge is -2.11. The van der Waals surface area contributed by atoms with Gasteiger partial charge < -0.3 is 10.2 Å². The minimum atomic E-state index is 0.420. The van der Waals surface area contributed by atoms with E-state index >= 15 is 0 Å². The van der Waals surface area contributed by atoms with Crippen LogP contribution in [0.15, 0.2) is 24.5 Å². The van der Waals surface area contributed by atoms with Gasteiger partial charge in [-0.2, -0.15) is 0 Å². The summed E-state index contributed by atoms with van der Waals surface area (Å²) in [6.45, 7) is 1.96. The van der Waals surface area contributed by atoms with Gasteiger partial charge in [-0.3, -0.25) is 0 Å². The zero-order chi connectivity index (χ0) is 13.8. The van der Waals surface area contributed by atoms with E-state index in [0.29, 0.717) is 33.9 Å². The van der Waals surface area contributed by atoms with Crippen LogP contribution >= 0.6 is 23.2 Å². The third-order valence-corrected chi connectivity index (χ3v) is 3.24. The maximum absolute atomic E-state index is 5.94. The number of nitrogens with two attached hydrogens (primary N) is 1. The lowest BCUT2D eigenvalue weighted by Crippen LogP contribution is -2.12. The second-order valence-corrected chi connectivity index (χ2v) is 4.50. The van der Waals surface area contributed by atoms with Crippen molar-refractivity contribution in [2.45, 2.75) is 13.3 Å². The molecule has 0 fully saturated rings. The van der Waals surface area contributed by atoms with Crippen LogP contribution in [-0.4, -0.2) is 9.97 Å². The Balaban J connectivity index is 2.35. The van der Waals surface area contributed by atoms with E-state index in [-0.39, 0.29) is 0 Å². The smallest absolute Gasteiger partial charge is 0.227 e. The molecule has 0 amide bonds. The fourth-order valence-corrected chi connectivity index (χ4v) is 1.87. The van der Waals surface area contributed by atoms with E-state index in [1.54, 1.807) is 18.2 Å². The van der Waals surface area contributed by atoms with Gasteiger partial charge in [0.2, 0.25) is 5.88 Å². The fourth-order valence-electron chi connectivity index (χ4n) is 1.58. The minimum absolute atomic E-state index is 0.420. The molecule has 0 aliphatic heterocycles. The number of hydrogen-bond donors (Lipinski definition) is 2. The van der Waals surface area contributed by atoms with Gasteiger partial charge in [-0.1, -0.05) is 30.1 Å². The predicted molar refractivity (Wildman–Crippen MR) is 75.8 cm³/mol. The van der Waals surface area contributed by atoms with Crippen molar-refractivity contribution in [3.05, 3.63) is 40.1 Å². The second-order valence-electron chi connectivity index (χ2n) is 3.68. The first-order valence-electron chi connectivity index (χ1n) is 5.59. The van der Waals surface area contributed by atoms with E-state index in [9.17, 15) is 0 Å². The molecule has 5 nitrogen and oxygen atoms in total. The molecule has 3 N–H and O–H groups in total. The largest absolute Gasteiger partial charge is 0.438 e. The van der Waals surface area contributed by atoms with Gasteiger partial charge in [0.15, 0.2) is 0 Å². The first kappa shape index (κ1) is 13.9. The van der Waals surface area contributed by atoms with Crippen molar-refractivity contribution in [2.24, 2.45) is 5.84 Å². The van der Waals surface area contributed by atoms with E-state index in [2.05, 4.69) is 15.4 Å². The van der Waals surface area contributed by atoms with E-state index in [1.807, 2.05) is 6.92 Å². The van der Waals surface area contributed by atoms with Crippen LogP contribution in [0.3, 0.4) is 0 Å². The Morgan fingerprint density at radius 2 is 2.05 bits per heavy atom. The van der Waals surface area contributed by atoms with Crippen molar-refractivity contribution in [1.29, 1.82) is 0 Å². The molecular weight excluding hydrogens is 287 g/mol. The van der Waals surface area contributed by atoms with Crippen LogP contribution in [0.1, 0.15) is 12.5 Å². The molecule has 7 heteroatoms. The van der Waals surface area contributed by atoms with Gasteiger partial charge in [0.25, 0.3) is 0 Å². The Morgan fingerprint density at radius 3 is 2.68 bits per heavy atom. The molecule has 19 heavy (non-hydrogen) atoms. The number of rotatable bonds is 4. The summed E-state index contributed by atoms with van der Waals surface area (Å²) in [4.78, 5) is 8.13. The Hall–Kier alpha value is -1.56. The summed E-state index contributed by atoms with van der Waals surface area (Å²) in [5.41, 5.74) is 3.30. The summed E-state index contributed by atoms with van der Waals surface area (Å²) in [5.74, 6) is 6.91. The molecule has 0 saturated carbocycles. The number of nitrogens with zero attached hydrogens (tertiary/aromatic N) is 2. The van der Waals surface area contributed by atoms with Gasteiger partial charge in [0.1, 0.15) is 17.9 Å². The highest BCUT2D eigenvalue weighted by atomic mass is 35.5. The van der Waals surface area contributed by atoms with Crippen molar-refractivity contribution < 1.29 is 4.74 Å². The van der Waals surface area contributed by atoms with Crippen LogP contribution in [0.4, 0.5) is 5.82 Å². The van der Waals surface area contributed by atoms with Crippen molar-refractivity contribution in [3.63, 3.8) is 0 Å². The van der Waals surface area contributed by atoms with Crippen LogP contribution in [-0.2, 0) is 6.42 Å². The average Bonchev–Trinajstić information content (AvgIpc) is 2.42. The number of anilines is 1. The van der Waals surface area contributed by atoms with Crippen molar-refractivity contribution in [1.82, 2.24) is 9.97 Å². The van der Waals surface area contributed by atoms with Crippen LogP contribution in [0, 0.1) is 0 Å². The van der Waals surface area contributed by atoms with Gasteiger partial charge in [-0.15, -0.1) is 0 Å². The SMILES string of the molecule is CCc1c(NN)ncnc1Oc1ccc(Cl)c(Cl)c1. The number of ether oxygens (including phenoxy) is 1. The molecule has 1 aromatic heterocycles. The standard InChI is InChI=1S/C12H12Cl2N4O/c1-2-8-11(18-15)16-6-17-12(8)19-7-3-4-9(13)10(14)5-7/h3-6H,2,15H2,1H3,(H,16,17,18). The second kappa shape index (κ2) is 6.06. The molecule has 1 heterocycles. The molecule has 0 spiro atoms. The summed E-state index contributed by atoms with van der Waals surface area (Å²) in [5, 5.41) is 0.889. The minimum Gasteiger partial charge on any atom is -0.438 e. The van der Waals surface area contributed by atoms with Crippen LogP contribution in [0.5, 0.6) is 11.6 Å². The summed E-state index contributed by atoms with van der Waals surface area (Å²) in [6, 6.07) is 5.00. The van der Waals surface area contributed by atoms with E-state index < -0.39 is 0 Å². The molecular formula is C12H12Cl2N4O. The molecule has 2 rings (SSSR count). The zero-order valence-electron chi connectivity index (χ0n) is 10.2. The average molecular weight is 299 g/mol. The van der Waals surface area contributed by atoms with Gasteiger partial charge >= 0.3 is 0 Å². The molecule has 0 saturated heterocycles. The van der Waals surface area contributed by atoms with Crippen LogP contribution in [0.25, 0.3) is 0 Å². The number of hydrazine groups is 1. The quantitative estimate of drug-likeness (QED) is 0.668. The first-order chi connectivity index (χ1) is 9.15. The van der Waals surface area contributed by atoms with Crippen molar-refractivity contribution in [3.8, 4) is 11.6 Å². The molecule has 1 aromatic carbocycles. The Labute approximate surface area is 120 Å². The van der Waals surface area contributed by atoms with E-state index in [0.717, 1.165) is 5.56 Å². The summed E-state index contributed by atoms with van der Waals surface area (Å²) in [7, 11) is 0. The molecule has 0 aliphatic rings. The van der Waals surface area contributed by atoms with Gasteiger partial charge in [0, 0.05) is 6.07 Å². The lowest BCUT2D eigenvalue weighted by molar-refractivity contribution is 0.455. The molecule has 0 bridgehead atoms. The van der Waals surface area contributed by atoms with Crippen molar-refractivity contribution >= 4 is 29.0 Å². The first-order valence-corrected chi connectivity index (χ1v) is 6.34. The maximum atomic E-state index is 5.94. The molecule has 0 unspecified atom stereocenters. The van der Waals surface area contributed by atoms with Crippen molar-refractivity contribution in [2.75, 3.05) is 5.43 Å². The van der Waals surface area contributed by atoms with Crippen LogP contribution in [0.2, 0.25) is 10.0 Å². The molecule has 0 atom stereocenters. The number of nitrogen functional groups attached to an aromatic ring is 1. The number of benzene rings is 1. The van der Waals surface area contributed by atoms with Gasteiger partial charge in [-0.05, 0) is 18.6 Å². The topological polar surface area (TPSA) is 73.1 Å². The Kier molecular flexibility index (Phi) is 4.42. The van der Waals surface area contributed by atoms with Gasteiger partial charge in [0.05, 0.1) is 15.6 Å². The van der Waals surface area contributed by atoms with E-state index in [4.69, 9.17) is 33.8 Å². The normalized spacial score (nSPS) is 10.3. The predicted octanol–water partition coefficient (Wildman–Crippen LogP) is 3.42. The molecule has 100 valence electrons. The highest BCUT2D eigenvalue weighted by Gasteiger charge is 2.11. The number of aromatic nitrogens is 2. The van der Waals surface area contributed by atoms with E-state index in [1.165, 1.54) is 6.33 Å². The molecule has 0 radical (unpaired) electrons. The highest BCUT2D eigenvalue weighted by Crippen LogP contribution is 2.31. The lowest BCUT2D eigenvalue weighted by atomic mass is 10.2. The highest BCUT2D eigenvalue weighted by molar-refractivity contribution is 6.42. The fraction of sp³-hybridized carbons (Fsp3) is 0.167. The monoisotopic (exact) mass is 298 g/mol. The summed E-state index contributed by atoms with van der Waals surface area (Å²) < 4.78 is 5.69. The van der Waals surface area contributed by atoms with Crippen LogP contribution < -0.4 is 16.0 Å². The summed E-state index contributed by atoms with van der Waals surface area (Å²) >= 11 is 11.8. The number of nitrogens with one attached hydrogen (secondary N) is 1. The van der Waals surface area contributed by atoms with Gasteiger partial charge in [-0.25, -0.2) is 15.8 Å².